The predicted molar refractivity (Wildman–Crippen MR) is 75.4 cm³/mol. The summed E-state index contributed by atoms with van der Waals surface area (Å²) in [6.45, 7) is 6.64. The fourth-order valence-electron chi connectivity index (χ4n) is 1.76. The van der Waals surface area contributed by atoms with Gasteiger partial charge >= 0.3 is 5.69 Å². The van der Waals surface area contributed by atoms with Crippen molar-refractivity contribution < 1.29 is 4.74 Å². The highest BCUT2D eigenvalue weighted by Gasteiger charge is 2.18. The average Bonchev–Trinajstić information content (AvgIpc) is 2.36. The maximum Gasteiger partial charge on any atom is 0.331 e. The molecule has 6 nitrogen and oxygen atoms in total. The normalized spacial score (nSPS) is 11.8. The van der Waals surface area contributed by atoms with Crippen LogP contribution in [0.2, 0.25) is 0 Å². The van der Waals surface area contributed by atoms with Crippen molar-refractivity contribution in [3.05, 3.63) is 27.0 Å². The molecule has 2 N–H and O–H groups in total. The van der Waals surface area contributed by atoms with Gasteiger partial charge < -0.3 is 10.5 Å². The Labute approximate surface area is 112 Å². The fraction of sp³-hybridized carbons (Fsp3) is 0.692. The summed E-state index contributed by atoms with van der Waals surface area (Å²) in [5.41, 5.74) is 4.65. The number of nitrogens with zero attached hydrogens (tertiary/aromatic N) is 2. The first-order chi connectivity index (χ1) is 8.82. The highest BCUT2D eigenvalue weighted by Crippen LogP contribution is 2.13. The van der Waals surface area contributed by atoms with Crippen molar-refractivity contribution in [3.8, 4) is 0 Å². The first-order valence-corrected chi connectivity index (χ1v) is 6.47. The van der Waals surface area contributed by atoms with Gasteiger partial charge in [0.25, 0.3) is 5.56 Å². The molecule has 0 bridgehead atoms. The van der Waals surface area contributed by atoms with Gasteiger partial charge in [-0.05, 0) is 26.7 Å². The van der Waals surface area contributed by atoms with Crippen LogP contribution in [0.1, 0.15) is 33.6 Å². The van der Waals surface area contributed by atoms with E-state index in [1.165, 1.54) is 15.3 Å². The lowest BCUT2D eigenvalue weighted by atomic mass is 10.1. The second kappa shape index (κ2) is 6.06. The number of nitrogen functional groups attached to an aromatic ring is 1. The molecule has 0 aromatic carbocycles. The number of nitrogens with two attached hydrogens (primary N) is 1. The zero-order chi connectivity index (χ0) is 14.6. The van der Waals surface area contributed by atoms with Gasteiger partial charge in [-0.2, -0.15) is 0 Å². The molecule has 0 aliphatic carbocycles. The zero-order valence-electron chi connectivity index (χ0n) is 12.1. The molecule has 1 aromatic rings. The molecule has 1 heterocycles. The maximum absolute atomic E-state index is 12.2. The minimum absolute atomic E-state index is 0.100. The van der Waals surface area contributed by atoms with Crippen molar-refractivity contribution >= 4 is 5.69 Å². The molecule has 0 atom stereocenters. The highest BCUT2D eigenvalue weighted by molar-refractivity contribution is 5.30. The van der Waals surface area contributed by atoms with Gasteiger partial charge in [0.05, 0.1) is 5.60 Å². The molecule has 0 saturated carbocycles. The summed E-state index contributed by atoms with van der Waals surface area (Å²) < 4.78 is 7.96. The molecule has 0 amide bonds. The Morgan fingerprint density at radius 1 is 1.32 bits per heavy atom. The predicted octanol–water partition coefficient (Wildman–Crippen LogP) is 0.817. The number of anilines is 1. The van der Waals surface area contributed by atoms with Crippen molar-refractivity contribution in [2.45, 2.75) is 52.3 Å². The number of hydrogen-bond donors (Lipinski definition) is 1. The topological polar surface area (TPSA) is 79.2 Å². The zero-order valence-corrected chi connectivity index (χ0v) is 12.1. The number of hydrogen-bond acceptors (Lipinski definition) is 4. The van der Waals surface area contributed by atoms with Gasteiger partial charge in [0.15, 0.2) is 0 Å². The molecule has 0 aliphatic heterocycles. The third-order valence-corrected chi connectivity index (χ3v) is 3.22. The largest absolute Gasteiger partial charge is 0.393 e. The van der Waals surface area contributed by atoms with Crippen LogP contribution in [0.4, 0.5) is 5.69 Å². The Hall–Kier alpha value is -1.56. The highest BCUT2D eigenvalue weighted by atomic mass is 16.5. The summed E-state index contributed by atoms with van der Waals surface area (Å²) in [5, 5.41) is 0. The monoisotopic (exact) mass is 269 g/mol. The lowest BCUT2D eigenvalue weighted by molar-refractivity contribution is 0.0115. The van der Waals surface area contributed by atoms with E-state index in [0.717, 1.165) is 6.42 Å². The van der Waals surface area contributed by atoms with E-state index < -0.39 is 5.56 Å². The summed E-state index contributed by atoms with van der Waals surface area (Å²) >= 11 is 0. The van der Waals surface area contributed by atoms with E-state index in [2.05, 4.69) is 0 Å². The van der Waals surface area contributed by atoms with Crippen LogP contribution in [0.15, 0.2) is 15.8 Å². The van der Waals surface area contributed by atoms with E-state index in [0.29, 0.717) is 19.5 Å². The summed E-state index contributed by atoms with van der Waals surface area (Å²) in [6.07, 6.45) is 2.79. The molecule has 0 fully saturated rings. The molecular formula is C13H23N3O3. The van der Waals surface area contributed by atoms with Crippen LogP contribution >= 0.6 is 0 Å². The number of aromatic nitrogens is 2. The van der Waals surface area contributed by atoms with Crippen LogP contribution in [0, 0.1) is 0 Å². The van der Waals surface area contributed by atoms with Gasteiger partial charge in [0.1, 0.15) is 5.69 Å². The molecule has 0 saturated heterocycles. The minimum Gasteiger partial charge on any atom is -0.393 e. The third kappa shape index (κ3) is 3.70. The van der Waals surface area contributed by atoms with Crippen LogP contribution in [-0.4, -0.2) is 21.8 Å². The van der Waals surface area contributed by atoms with Gasteiger partial charge in [-0.15, -0.1) is 0 Å². The van der Waals surface area contributed by atoms with E-state index in [4.69, 9.17) is 10.5 Å². The Morgan fingerprint density at radius 3 is 2.47 bits per heavy atom. The quantitative estimate of drug-likeness (QED) is 0.829. The van der Waals surface area contributed by atoms with Crippen molar-refractivity contribution in [1.82, 2.24) is 9.13 Å². The lowest BCUT2D eigenvalue weighted by Crippen LogP contribution is -2.42. The van der Waals surface area contributed by atoms with Crippen molar-refractivity contribution in [2.24, 2.45) is 0 Å². The Balaban J connectivity index is 3.13. The van der Waals surface area contributed by atoms with E-state index in [9.17, 15) is 9.59 Å². The van der Waals surface area contributed by atoms with E-state index >= 15 is 0 Å². The summed E-state index contributed by atoms with van der Waals surface area (Å²) in [6, 6.07) is 0. The SMILES string of the molecule is CCCn1cc(N)c(=O)n(CCC(C)(C)OC)c1=O. The second-order valence-corrected chi connectivity index (χ2v) is 5.23. The number of aryl methyl sites for hydroxylation is 1. The molecule has 0 spiro atoms. The average molecular weight is 269 g/mol. The summed E-state index contributed by atoms with van der Waals surface area (Å²) in [4.78, 5) is 24.1. The van der Waals surface area contributed by atoms with Crippen LogP contribution in [0.5, 0.6) is 0 Å². The van der Waals surface area contributed by atoms with Crippen LogP contribution in [-0.2, 0) is 17.8 Å². The molecule has 6 heteroatoms. The minimum atomic E-state index is -0.427. The first kappa shape index (κ1) is 15.5. The van der Waals surface area contributed by atoms with E-state index in [1.54, 1.807) is 7.11 Å². The second-order valence-electron chi connectivity index (χ2n) is 5.23. The lowest BCUT2D eigenvalue weighted by Gasteiger charge is -2.23. The van der Waals surface area contributed by atoms with Gasteiger partial charge in [-0.3, -0.25) is 13.9 Å². The van der Waals surface area contributed by atoms with Gasteiger partial charge in [0.2, 0.25) is 0 Å². The number of rotatable bonds is 6. The van der Waals surface area contributed by atoms with E-state index in [1.807, 2.05) is 20.8 Å². The van der Waals surface area contributed by atoms with Gasteiger partial charge in [0, 0.05) is 26.4 Å². The molecule has 19 heavy (non-hydrogen) atoms. The van der Waals surface area contributed by atoms with Crippen molar-refractivity contribution in [2.75, 3.05) is 12.8 Å². The van der Waals surface area contributed by atoms with Crippen molar-refractivity contribution in [1.29, 1.82) is 0 Å². The summed E-state index contributed by atoms with van der Waals surface area (Å²) in [7, 11) is 1.61. The Bertz CT molecular complexity index is 543. The van der Waals surface area contributed by atoms with Gasteiger partial charge in [-0.1, -0.05) is 6.92 Å². The molecule has 0 radical (unpaired) electrons. The van der Waals surface area contributed by atoms with Crippen LogP contribution < -0.4 is 17.0 Å². The number of ether oxygens (including phenoxy) is 1. The third-order valence-electron chi connectivity index (χ3n) is 3.22. The fourth-order valence-corrected chi connectivity index (χ4v) is 1.76. The van der Waals surface area contributed by atoms with E-state index in [-0.39, 0.29) is 17.0 Å². The smallest absolute Gasteiger partial charge is 0.331 e. The Kier molecular flexibility index (Phi) is 4.94. The number of methoxy groups -OCH3 is 1. The summed E-state index contributed by atoms with van der Waals surface area (Å²) in [5.74, 6) is 0. The molecule has 0 unspecified atom stereocenters. The standard InChI is InChI=1S/C13H23N3O3/c1-5-7-15-9-10(14)11(17)16(12(15)18)8-6-13(2,3)19-4/h9H,5-8,14H2,1-4H3. The maximum atomic E-state index is 12.2. The molecule has 1 rings (SSSR count). The van der Waals surface area contributed by atoms with Gasteiger partial charge in [-0.25, -0.2) is 4.79 Å². The molecule has 1 aromatic heterocycles. The molecule has 108 valence electrons. The molecule has 0 aliphatic rings. The van der Waals surface area contributed by atoms with Crippen LogP contribution in [0.3, 0.4) is 0 Å². The van der Waals surface area contributed by atoms with Crippen molar-refractivity contribution in [3.63, 3.8) is 0 Å². The molecular weight excluding hydrogens is 246 g/mol. The first-order valence-electron chi connectivity index (χ1n) is 6.47. The Morgan fingerprint density at radius 2 is 1.95 bits per heavy atom. The van der Waals surface area contributed by atoms with Crippen LogP contribution in [0.25, 0.3) is 0 Å².